The van der Waals surface area contributed by atoms with Crippen LogP contribution in [0.15, 0.2) is 18.3 Å². The van der Waals surface area contributed by atoms with E-state index in [1.54, 1.807) is 19.4 Å². The predicted molar refractivity (Wildman–Crippen MR) is 83.3 cm³/mol. The van der Waals surface area contributed by atoms with Crippen LogP contribution in [0.25, 0.3) is 11.5 Å². The summed E-state index contributed by atoms with van der Waals surface area (Å²) < 4.78 is 5.01. The maximum atomic E-state index is 5.85. The lowest BCUT2D eigenvalue weighted by atomic mass is 10.1. The molecule has 112 valence electrons. The van der Waals surface area contributed by atoms with Crippen molar-refractivity contribution in [2.45, 2.75) is 20.4 Å². The molecule has 0 aliphatic rings. The first-order chi connectivity index (χ1) is 10.1. The third-order valence-electron chi connectivity index (χ3n) is 3.16. The molecule has 0 saturated heterocycles. The molecule has 0 fully saturated rings. The molecule has 2 aromatic rings. The molecule has 0 saturated carbocycles. The van der Waals surface area contributed by atoms with E-state index in [4.69, 9.17) is 16.3 Å². The number of nitrogens with one attached hydrogen (secondary N) is 1. The number of hydrogen-bond acceptors (Lipinski definition) is 5. The fourth-order valence-electron chi connectivity index (χ4n) is 2.01. The molecule has 0 unspecified atom stereocenters. The second-order valence-corrected chi connectivity index (χ2v) is 5.16. The summed E-state index contributed by atoms with van der Waals surface area (Å²) >= 11 is 5.85. The topological polar surface area (TPSA) is 59.9 Å². The van der Waals surface area contributed by atoms with Gasteiger partial charge < -0.3 is 10.1 Å². The molecule has 0 atom stereocenters. The maximum Gasteiger partial charge on any atom is 0.178 e. The Bertz CT molecular complexity index is 578. The van der Waals surface area contributed by atoms with E-state index in [0.29, 0.717) is 17.5 Å². The van der Waals surface area contributed by atoms with Crippen LogP contribution in [-0.4, -0.2) is 35.2 Å². The predicted octanol–water partition coefficient (Wildman–Crippen LogP) is 2.54. The zero-order valence-electron chi connectivity index (χ0n) is 12.5. The van der Waals surface area contributed by atoms with Crippen LogP contribution in [0, 0.1) is 13.8 Å². The molecule has 0 aliphatic carbocycles. The minimum absolute atomic E-state index is 0.603. The van der Waals surface area contributed by atoms with Gasteiger partial charge in [0.15, 0.2) is 5.82 Å². The Balaban J connectivity index is 2.18. The molecule has 21 heavy (non-hydrogen) atoms. The molecule has 0 aromatic carbocycles. The lowest BCUT2D eigenvalue weighted by Gasteiger charge is -2.11. The zero-order valence-corrected chi connectivity index (χ0v) is 13.2. The normalized spacial score (nSPS) is 10.9. The van der Waals surface area contributed by atoms with Crippen molar-refractivity contribution in [2.75, 3.05) is 20.3 Å². The number of methoxy groups -OCH3 is 1. The monoisotopic (exact) mass is 306 g/mol. The summed E-state index contributed by atoms with van der Waals surface area (Å²) in [5, 5.41) is 3.92. The van der Waals surface area contributed by atoms with E-state index in [1.807, 2.05) is 19.9 Å². The van der Waals surface area contributed by atoms with Crippen LogP contribution in [-0.2, 0) is 11.3 Å². The molecular weight excluding hydrogens is 288 g/mol. The summed E-state index contributed by atoms with van der Waals surface area (Å²) in [5.74, 6) is 0.627. The Hall–Kier alpha value is -1.56. The Kier molecular flexibility index (Phi) is 5.61. The zero-order chi connectivity index (χ0) is 15.2. The van der Waals surface area contributed by atoms with Crippen LogP contribution >= 0.6 is 11.6 Å². The number of nitrogens with zero attached hydrogens (tertiary/aromatic N) is 3. The average Bonchev–Trinajstić information content (AvgIpc) is 2.46. The van der Waals surface area contributed by atoms with Gasteiger partial charge >= 0.3 is 0 Å². The third-order valence-corrected chi connectivity index (χ3v) is 3.39. The average molecular weight is 307 g/mol. The highest BCUT2D eigenvalue weighted by atomic mass is 35.5. The first kappa shape index (κ1) is 15.8. The molecule has 0 aliphatic heterocycles. The maximum absolute atomic E-state index is 5.85. The smallest absolute Gasteiger partial charge is 0.178 e. The van der Waals surface area contributed by atoms with Crippen molar-refractivity contribution in [3.63, 3.8) is 0 Å². The van der Waals surface area contributed by atoms with Crippen LogP contribution in [0.3, 0.4) is 0 Å². The summed E-state index contributed by atoms with van der Waals surface area (Å²) in [4.78, 5) is 13.3. The van der Waals surface area contributed by atoms with Crippen LogP contribution < -0.4 is 5.32 Å². The fourth-order valence-corrected chi connectivity index (χ4v) is 2.12. The Morgan fingerprint density at radius 3 is 2.48 bits per heavy atom. The van der Waals surface area contributed by atoms with E-state index < -0.39 is 0 Å². The van der Waals surface area contributed by atoms with Gasteiger partial charge in [0.2, 0.25) is 0 Å². The molecule has 2 aromatic heterocycles. The number of pyridine rings is 1. The molecule has 0 spiro atoms. The molecule has 0 bridgehead atoms. The summed E-state index contributed by atoms with van der Waals surface area (Å²) in [5.41, 5.74) is 3.76. The summed E-state index contributed by atoms with van der Waals surface area (Å²) in [7, 11) is 1.69. The highest BCUT2D eigenvalue weighted by molar-refractivity contribution is 6.30. The van der Waals surface area contributed by atoms with Crippen molar-refractivity contribution in [3.05, 3.63) is 40.3 Å². The number of rotatable bonds is 6. The first-order valence-corrected chi connectivity index (χ1v) is 7.15. The number of aryl methyl sites for hydroxylation is 2. The van der Waals surface area contributed by atoms with Crippen LogP contribution in [0.2, 0.25) is 5.02 Å². The Labute approximate surface area is 129 Å². The van der Waals surface area contributed by atoms with Crippen LogP contribution in [0.4, 0.5) is 0 Å². The van der Waals surface area contributed by atoms with Crippen LogP contribution in [0.5, 0.6) is 0 Å². The highest BCUT2D eigenvalue weighted by Gasteiger charge is 2.10. The molecule has 2 rings (SSSR count). The number of halogens is 1. The highest BCUT2D eigenvalue weighted by Crippen LogP contribution is 2.18. The first-order valence-electron chi connectivity index (χ1n) is 6.77. The molecule has 0 radical (unpaired) electrons. The van der Waals surface area contributed by atoms with Gasteiger partial charge in [-0.25, -0.2) is 9.97 Å². The largest absolute Gasteiger partial charge is 0.383 e. The summed E-state index contributed by atoms with van der Waals surface area (Å²) in [6.07, 6.45) is 1.60. The van der Waals surface area contributed by atoms with Gasteiger partial charge in [0.05, 0.1) is 11.6 Å². The molecule has 2 heterocycles. The lowest BCUT2D eigenvalue weighted by molar-refractivity contribution is 0.199. The lowest BCUT2D eigenvalue weighted by Crippen LogP contribution is -2.20. The van der Waals surface area contributed by atoms with Crippen molar-refractivity contribution >= 4 is 11.6 Å². The van der Waals surface area contributed by atoms with E-state index in [9.17, 15) is 0 Å². The summed E-state index contributed by atoms with van der Waals surface area (Å²) in [6.45, 7) is 6.19. The van der Waals surface area contributed by atoms with Crippen molar-refractivity contribution in [1.82, 2.24) is 20.3 Å². The van der Waals surface area contributed by atoms with Gasteiger partial charge in [-0.1, -0.05) is 11.6 Å². The van der Waals surface area contributed by atoms with Gasteiger partial charge in [0, 0.05) is 43.3 Å². The van der Waals surface area contributed by atoms with E-state index >= 15 is 0 Å². The quantitative estimate of drug-likeness (QED) is 0.831. The number of ether oxygens (including phenoxy) is 1. The van der Waals surface area contributed by atoms with E-state index in [2.05, 4.69) is 20.3 Å². The minimum atomic E-state index is 0.603. The van der Waals surface area contributed by atoms with Crippen LogP contribution in [0.1, 0.15) is 17.0 Å². The van der Waals surface area contributed by atoms with Gasteiger partial charge in [0.1, 0.15) is 5.69 Å². The van der Waals surface area contributed by atoms with E-state index in [1.165, 1.54) is 0 Å². The van der Waals surface area contributed by atoms with Crippen molar-refractivity contribution in [1.29, 1.82) is 0 Å². The minimum Gasteiger partial charge on any atom is -0.383 e. The van der Waals surface area contributed by atoms with E-state index in [0.717, 1.165) is 35.7 Å². The molecule has 0 amide bonds. The van der Waals surface area contributed by atoms with E-state index in [-0.39, 0.29) is 0 Å². The number of aromatic nitrogens is 3. The van der Waals surface area contributed by atoms with Crippen molar-refractivity contribution in [2.24, 2.45) is 0 Å². The molecular formula is C15H19ClN4O. The SMILES string of the molecule is COCCNCc1c(C)nc(-c2ccc(Cl)cn2)nc1C. The van der Waals surface area contributed by atoms with Gasteiger partial charge in [-0.05, 0) is 26.0 Å². The third kappa shape index (κ3) is 4.20. The number of hydrogen-bond donors (Lipinski definition) is 1. The van der Waals surface area contributed by atoms with Crippen molar-refractivity contribution in [3.8, 4) is 11.5 Å². The standard InChI is InChI=1S/C15H19ClN4O/c1-10-13(9-17-6-7-21-3)11(2)20-15(19-10)14-5-4-12(16)8-18-14/h4-5,8,17H,6-7,9H2,1-3H3. The Morgan fingerprint density at radius 1 is 1.19 bits per heavy atom. The molecule has 1 N–H and O–H groups in total. The van der Waals surface area contributed by atoms with Crippen molar-refractivity contribution < 1.29 is 4.74 Å². The van der Waals surface area contributed by atoms with Gasteiger partial charge in [-0.15, -0.1) is 0 Å². The van der Waals surface area contributed by atoms with Gasteiger partial charge in [-0.3, -0.25) is 4.98 Å². The fraction of sp³-hybridized carbons (Fsp3) is 0.400. The van der Waals surface area contributed by atoms with Gasteiger partial charge in [-0.2, -0.15) is 0 Å². The van der Waals surface area contributed by atoms with Gasteiger partial charge in [0.25, 0.3) is 0 Å². The second kappa shape index (κ2) is 7.45. The molecule has 6 heteroatoms. The second-order valence-electron chi connectivity index (χ2n) is 4.73. The molecule has 5 nitrogen and oxygen atoms in total. The summed E-state index contributed by atoms with van der Waals surface area (Å²) in [6, 6.07) is 3.62. The Morgan fingerprint density at radius 2 is 1.90 bits per heavy atom.